The Morgan fingerprint density at radius 3 is 2.69 bits per heavy atom. The average molecular weight is 458 g/mol. The van der Waals surface area contributed by atoms with Crippen LogP contribution in [0.4, 0.5) is 18.9 Å². The fourth-order valence-corrected chi connectivity index (χ4v) is 4.83. The average Bonchev–Trinajstić information content (AvgIpc) is 2.92. The van der Waals surface area contributed by atoms with E-state index in [1.165, 1.54) is 6.07 Å². The lowest BCUT2D eigenvalue weighted by atomic mass is 9.97. The van der Waals surface area contributed by atoms with Gasteiger partial charge in [-0.05, 0) is 37.0 Å². The van der Waals surface area contributed by atoms with E-state index in [0.717, 1.165) is 38.1 Å². The van der Waals surface area contributed by atoms with E-state index in [4.69, 9.17) is 4.74 Å². The maximum Gasteiger partial charge on any atom is 0.416 e. The third-order valence-corrected chi connectivity index (χ3v) is 6.36. The van der Waals surface area contributed by atoms with Crippen molar-refractivity contribution in [2.24, 2.45) is 5.92 Å². The first-order valence-corrected chi connectivity index (χ1v) is 11.3. The van der Waals surface area contributed by atoms with Gasteiger partial charge < -0.3 is 24.5 Å². The molecule has 0 aromatic heterocycles. The normalized spacial score (nSPS) is 24.5. The highest BCUT2D eigenvalue weighted by Gasteiger charge is 2.32. The number of piperidine rings is 1. The fourth-order valence-electron chi connectivity index (χ4n) is 4.83. The van der Waals surface area contributed by atoms with Crippen LogP contribution in [0.5, 0.6) is 0 Å². The molecule has 0 saturated carbocycles. The summed E-state index contributed by atoms with van der Waals surface area (Å²) < 4.78 is 44.7. The SMILES string of the molecule is COCC(CCN1CC(C)CC(O)C1)N1CCN(c2cccc(C(F)(F)F)c2)CCC1=O. The molecule has 9 heteroatoms. The van der Waals surface area contributed by atoms with E-state index >= 15 is 0 Å². The monoisotopic (exact) mass is 457 g/mol. The second kappa shape index (κ2) is 10.9. The highest BCUT2D eigenvalue weighted by atomic mass is 19.4. The minimum absolute atomic E-state index is 0.00595. The number of carbonyl (C=O) groups excluding carboxylic acids is 1. The number of halogens is 3. The summed E-state index contributed by atoms with van der Waals surface area (Å²) in [6.45, 7) is 6.14. The molecule has 1 amide bonds. The Bertz CT molecular complexity index is 751. The van der Waals surface area contributed by atoms with Crippen LogP contribution in [0, 0.1) is 5.92 Å². The number of rotatable bonds is 7. The van der Waals surface area contributed by atoms with Crippen molar-refractivity contribution in [3.63, 3.8) is 0 Å². The first-order chi connectivity index (χ1) is 15.2. The Morgan fingerprint density at radius 2 is 2.00 bits per heavy atom. The molecular formula is C23H34F3N3O3. The van der Waals surface area contributed by atoms with E-state index in [2.05, 4.69) is 11.8 Å². The third kappa shape index (κ3) is 6.59. The summed E-state index contributed by atoms with van der Waals surface area (Å²) in [4.78, 5) is 18.8. The zero-order valence-electron chi connectivity index (χ0n) is 18.9. The fraction of sp³-hybridized carbons (Fsp3) is 0.696. The smallest absolute Gasteiger partial charge is 0.392 e. The molecule has 2 heterocycles. The van der Waals surface area contributed by atoms with Gasteiger partial charge in [0.15, 0.2) is 0 Å². The predicted octanol–water partition coefficient (Wildman–Crippen LogP) is 2.85. The Labute approximate surface area is 187 Å². The summed E-state index contributed by atoms with van der Waals surface area (Å²) in [5.74, 6) is 0.425. The van der Waals surface area contributed by atoms with Gasteiger partial charge in [-0.1, -0.05) is 13.0 Å². The van der Waals surface area contributed by atoms with Crippen LogP contribution in [0.1, 0.15) is 31.7 Å². The van der Waals surface area contributed by atoms with Crippen molar-refractivity contribution in [3.05, 3.63) is 29.8 Å². The van der Waals surface area contributed by atoms with Crippen LogP contribution in [-0.4, -0.2) is 85.9 Å². The van der Waals surface area contributed by atoms with Crippen LogP contribution in [0.25, 0.3) is 0 Å². The number of alkyl halides is 3. The van der Waals surface area contributed by atoms with Crippen molar-refractivity contribution in [1.82, 2.24) is 9.80 Å². The topological polar surface area (TPSA) is 56.3 Å². The number of β-amino-alcohol motifs (C(OH)–C–C–N with tert-alkyl or cyclic N) is 1. The molecule has 180 valence electrons. The minimum Gasteiger partial charge on any atom is -0.392 e. The molecule has 3 atom stereocenters. The molecule has 1 N–H and O–H groups in total. The molecule has 2 aliphatic heterocycles. The van der Waals surface area contributed by atoms with E-state index < -0.39 is 11.7 Å². The molecule has 32 heavy (non-hydrogen) atoms. The molecule has 0 bridgehead atoms. The molecule has 1 aromatic carbocycles. The molecule has 6 nitrogen and oxygen atoms in total. The van der Waals surface area contributed by atoms with Gasteiger partial charge in [0.25, 0.3) is 0 Å². The molecule has 0 radical (unpaired) electrons. The molecule has 1 aromatic rings. The van der Waals surface area contributed by atoms with Gasteiger partial charge in [-0.15, -0.1) is 0 Å². The largest absolute Gasteiger partial charge is 0.416 e. The second-order valence-corrected chi connectivity index (χ2v) is 9.02. The molecule has 0 spiro atoms. The zero-order valence-corrected chi connectivity index (χ0v) is 18.9. The van der Waals surface area contributed by atoms with Gasteiger partial charge in [-0.2, -0.15) is 13.2 Å². The number of benzene rings is 1. The van der Waals surface area contributed by atoms with Crippen LogP contribution in [0.15, 0.2) is 24.3 Å². The van der Waals surface area contributed by atoms with Crippen molar-refractivity contribution < 1.29 is 27.8 Å². The number of aliphatic hydroxyl groups is 1. The molecule has 0 aliphatic carbocycles. The summed E-state index contributed by atoms with van der Waals surface area (Å²) >= 11 is 0. The van der Waals surface area contributed by atoms with E-state index in [1.54, 1.807) is 13.2 Å². The van der Waals surface area contributed by atoms with Gasteiger partial charge in [0.2, 0.25) is 5.91 Å². The third-order valence-electron chi connectivity index (χ3n) is 6.36. The molecule has 2 fully saturated rings. The van der Waals surface area contributed by atoms with Crippen molar-refractivity contribution >= 4 is 11.6 Å². The minimum atomic E-state index is -4.40. The Morgan fingerprint density at radius 1 is 1.22 bits per heavy atom. The Balaban J connectivity index is 1.64. The summed E-state index contributed by atoms with van der Waals surface area (Å²) in [6, 6.07) is 5.17. The molecule has 3 unspecified atom stereocenters. The zero-order chi connectivity index (χ0) is 23.3. The number of aliphatic hydroxyl groups excluding tert-OH is 1. The van der Waals surface area contributed by atoms with Crippen LogP contribution >= 0.6 is 0 Å². The molecule has 2 saturated heterocycles. The van der Waals surface area contributed by atoms with Crippen LogP contribution in [-0.2, 0) is 15.7 Å². The van der Waals surface area contributed by atoms with Crippen LogP contribution in [0.3, 0.4) is 0 Å². The van der Waals surface area contributed by atoms with E-state index in [1.807, 2.05) is 9.80 Å². The Hall–Kier alpha value is -1.84. The van der Waals surface area contributed by atoms with Crippen LogP contribution in [0.2, 0.25) is 0 Å². The number of anilines is 1. The summed E-state index contributed by atoms with van der Waals surface area (Å²) in [5, 5.41) is 10.0. The van der Waals surface area contributed by atoms with Gasteiger partial charge in [-0.3, -0.25) is 4.79 Å². The number of amides is 1. The predicted molar refractivity (Wildman–Crippen MR) is 116 cm³/mol. The van der Waals surface area contributed by atoms with Crippen molar-refractivity contribution in [2.45, 2.75) is 44.5 Å². The standard InChI is InChI=1S/C23H34F3N3O3/c1-17-12-21(30)15-27(14-17)8-6-20(16-32-2)29-11-10-28(9-7-22(29)31)19-5-3-4-18(13-19)23(24,25)26/h3-5,13,17,20-21,30H,6-12,14-16H2,1-2H3. The molecule has 3 rings (SSSR count). The lowest BCUT2D eigenvalue weighted by Gasteiger charge is -2.36. The van der Waals surface area contributed by atoms with Crippen molar-refractivity contribution in [1.29, 1.82) is 0 Å². The maximum absolute atomic E-state index is 13.1. The number of methoxy groups -OCH3 is 1. The van der Waals surface area contributed by atoms with Gasteiger partial charge in [0, 0.05) is 58.5 Å². The van der Waals surface area contributed by atoms with E-state index in [-0.39, 0.29) is 24.5 Å². The first kappa shape index (κ1) is 24.8. The van der Waals surface area contributed by atoms with Gasteiger partial charge in [0.1, 0.15) is 0 Å². The van der Waals surface area contributed by atoms with E-state index in [0.29, 0.717) is 44.4 Å². The highest BCUT2D eigenvalue weighted by Crippen LogP contribution is 2.32. The second-order valence-electron chi connectivity index (χ2n) is 9.02. The highest BCUT2D eigenvalue weighted by molar-refractivity contribution is 5.78. The lowest BCUT2D eigenvalue weighted by Crippen LogP contribution is -2.48. The molecule has 2 aliphatic rings. The summed E-state index contributed by atoms with van der Waals surface area (Å²) in [7, 11) is 1.61. The maximum atomic E-state index is 13.1. The van der Waals surface area contributed by atoms with Gasteiger partial charge in [0.05, 0.1) is 24.3 Å². The van der Waals surface area contributed by atoms with Gasteiger partial charge >= 0.3 is 6.18 Å². The lowest BCUT2D eigenvalue weighted by molar-refractivity contribution is -0.137. The number of carbonyl (C=O) groups is 1. The van der Waals surface area contributed by atoms with Crippen molar-refractivity contribution in [3.8, 4) is 0 Å². The van der Waals surface area contributed by atoms with Crippen molar-refractivity contribution in [2.75, 3.05) is 57.9 Å². The number of likely N-dealkylation sites (tertiary alicyclic amines) is 1. The number of hydrogen-bond donors (Lipinski definition) is 1. The molecular weight excluding hydrogens is 423 g/mol. The Kier molecular flexibility index (Phi) is 8.41. The van der Waals surface area contributed by atoms with E-state index in [9.17, 15) is 23.1 Å². The number of nitrogens with zero attached hydrogens (tertiary/aromatic N) is 3. The first-order valence-electron chi connectivity index (χ1n) is 11.3. The number of ether oxygens (including phenoxy) is 1. The summed E-state index contributed by atoms with van der Waals surface area (Å²) in [5.41, 5.74) is -0.202. The van der Waals surface area contributed by atoms with Gasteiger partial charge in [-0.25, -0.2) is 0 Å². The van der Waals surface area contributed by atoms with Crippen LogP contribution < -0.4 is 4.90 Å². The summed E-state index contributed by atoms with van der Waals surface area (Å²) in [6.07, 6.45) is -2.93. The number of hydrogen-bond acceptors (Lipinski definition) is 5. The quantitative estimate of drug-likeness (QED) is 0.683.